The fourth-order valence-electron chi connectivity index (χ4n) is 2.44. The summed E-state index contributed by atoms with van der Waals surface area (Å²) in [6.07, 6.45) is 1.45. The summed E-state index contributed by atoms with van der Waals surface area (Å²) in [6, 6.07) is 3.27. The normalized spacial score (nSPS) is 16.3. The van der Waals surface area contributed by atoms with E-state index >= 15 is 0 Å². The van der Waals surface area contributed by atoms with Crippen LogP contribution in [0.2, 0.25) is 0 Å². The van der Waals surface area contributed by atoms with E-state index in [0.717, 1.165) is 0 Å². The Kier molecular flexibility index (Phi) is 4.65. The molecule has 0 aliphatic carbocycles. The Morgan fingerprint density at radius 3 is 2.23 bits per heavy atom. The van der Waals surface area contributed by atoms with Crippen molar-refractivity contribution in [3.8, 4) is 0 Å². The quantitative estimate of drug-likeness (QED) is 0.381. The van der Waals surface area contributed by atoms with Gasteiger partial charge in [-0.15, -0.1) is 0 Å². The Morgan fingerprint density at radius 2 is 1.77 bits per heavy atom. The third-order valence-electron chi connectivity index (χ3n) is 3.57. The molecule has 118 valence electrons. The number of rotatable bonds is 3. The molecule has 2 rings (SSSR count). The molecule has 2 N–H and O–H groups in total. The minimum atomic E-state index is -0.348. The number of hydrogen-bond donors (Lipinski definition) is 2. The number of amides is 1. The molecule has 1 amide bonds. The number of allylic oxidation sites excluding steroid dienone is 1. The molecule has 1 aromatic heterocycles. The van der Waals surface area contributed by atoms with Crippen LogP contribution in [0.1, 0.15) is 24.4 Å². The molecule has 2 heterocycles. The van der Waals surface area contributed by atoms with Crippen LogP contribution in [-0.2, 0) is 4.79 Å². The van der Waals surface area contributed by atoms with Crippen molar-refractivity contribution in [3.63, 3.8) is 0 Å². The molecule has 0 saturated carbocycles. The van der Waals surface area contributed by atoms with Crippen molar-refractivity contribution in [2.45, 2.75) is 13.8 Å². The van der Waals surface area contributed by atoms with Crippen molar-refractivity contribution < 1.29 is 19.1 Å². The Bertz CT molecular complexity index is 607. The Balaban J connectivity index is 2.00. The SMILES string of the molecule is CC(=O)/C(C(=N)N1CCN(C(=O)c2ccco2)CC1)=C(/C)O. The van der Waals surface area contributed by atoms with Crippen LogP contribution in [-0.4, -0.2) is 58.6 Å². The van der Waals surface area contributed by atoms with Gasteiger partial charge in [-0.1, -0.05) is 0 Å². The molecule has 0 spiro atoms. The number of amidine groups is 1. The maximum absolute atomic E-state index is 12.1. The van der Waals surface area contributed by atoms with E-state index in [2.05, 4.69) is 0 Å². The largest absolute Gasteiger partial charge is 0.512 e. The second-order valence-corrected chi connectivity index (χ2v) is 5.12. The zero-order valence-electron chi connectivity index (χ0n) is 12.6. The Labute approximate surface area is 128 Å². The highest BCUT2D eigenvalue weighted by atomic mass is 16.3. The second-order valence-electron chi connectivity index (χ2n) is 5.12. The first kappa shape index (κ1) is 15.8. The van der Waals surface area contributed by atoms with Crippen LogP contribution >= 0.6 is 0 Å². The second kappa shape index (κ2) is 6.46. The minimum absolute atomic E-state index is 0.00222. The average molecular weight is 305 g/mol. The first-order chi connectivity index (χ1) is 10.4. The summed E-state index contributed by atoms with van der Waals surface area (Å²) in [5.41, 5.74) is 0.0193. The third kappa shape index (κ3) is 3.19. The third-order valence-corrected chi connectivity index (χ3v) is 3.57. The van der Waals surface area contributed by atoms with Crippen LogP contribution in [0, 0.1) is 5.41 Å². The van der Waals surface area contributed by atoms with E-state index in [-0.39, 0.29) is 28.9 Å². The molecule has 0 aromatic carbocycles. The van der Waals surface area contributed by atoms with Crippen LogP contribution in [0.4, 0.5) is 0 Å². The first-order valence-corrected chi connectivity index (χ1v) is 6.99. The van der Waals surface area contributed by atoms with Gasteiger partial charge in [0.2, 0.25) is 0 Å². The Hall–Kier alpha value is -2.57. The molecule has 1 aliphatic rings. The maximum atomic E-state index is 12.1. The zero-order valence-corrected chi connectivity index (χ0v) is 12.6. The van der Waals surface area contributed by atoms with E-state index < -0.39 is 0 Å². The molecular formula is C15H19N3O4. The summed E-state index contributed by atoms with van der Waals surface area (Å²) in [6.45, 7) is 4.42. The molecule has 0 unspecified atom stereocenters. The van der Waals surface area contributed by atoms with Crippen LogP contribution in [0.5, 0.6) is 0 Å². The van der Waals surface area contributed by atoms with Gasteiger partial charge >= 0.3 is 0 Å². The highest BCUT2D eigenvalue weighted by Crippen LogP contribution is 2.13. The van der Waals surface area contributed by atoms with E-state index in [1.54, 1.807) is 21.9 Å². The minimum Gasteiger partial charge on any atom is -0.512 e. The summed E-state index contributed by atoms with van der Waals surface area (Å²) >= 11 is 0. The number of nitrogens with one attached hydrogen (secondary N) is 1. The van der Waals surface area contributed by atoms with Crippen molar-refractivity contribution in [2.24, 2.45) is 0 Å². The summed E-state index contributed by atoms with van der Waals surface area (Å²) in [5, 5.41) is 17.6. The van der Waals surface area contributed by atoms with E-state index in [9.17, 15) is 14.7 Å². The lowest BCUT2D eigenvalue weighted by molar-refractivity contribution is -0.113. The van der Waals surface area contributed by atoms with Crippen molar-refractivity contribution in [1.82, 2.24) is 9.80 Å². The van der Waals surface area contributed by atoms with Gasteiger partial charge in [0.15, 0.2) is 11.5 Å². The lowest BCUT2D eigenvalue weighted by Gasteiger charge is -2.36. The van der Waals surface area contributed by atoms with Crippen molar-refractivity contribution in [2.75, 3.05) is 26.2 Å². The number of nitrogens with zero attached hydrogens (tertiary/aromatic N) is 2. The fraction of sp³-hybridized carbons (Fsp3) is 0.400. The van der Waals surface area contributed by atoms with E-state index in [1.807, 2.05) is 0 Å². The standard InChI is InChI=1S/C15H19N3O4/c1-10(19)13(11(2)20)14(16)17-5-7-18(8-6-17)15(21)12-4-3-9-22-12/h3-4,9,16,19H,5-8H2,1-2H3/b13-10+,16-14?. The molecular weight excluding hydrogens is 286 g/mol. The number of ketones is 1. The Morgan fingerprint density at radius 1 is 1.18 bits per heavy atom. The van der Waals surface area contributed by atoms with Crippen molar-refractivity contribution in [1.29, 1.82) is 5.41 Å². The van der Waals surface area contributed by atoms with E-state index in [1.165, 1.54) is 20.1 Å². The van der Waals surface area contributed by atoms with Crippen LogP contribution in [0.3, 0.4) is 0 Å². The van der Waals surface area contributed by atoms with Crippen LogP contribution in [0.15, 0.2) is 34.1 Å². The van der Waals surface area contributed by atoms with Gasteiger partial charge < -0.3 is 19.3 Å². The number of hydrogen-bond acceptors (Lipinski definition) is 5. The number of Topliss-reactive ketones (excluding diaryl/α,β-unsaturated/α-hetero) is 1. The van der Waals surface area contributed by atoms with Gasteiger partial charge in [0.25, 0.3) is 5.91 Å². The molecule has 0 radical (unpaired) electrons. The highest BCUT2D eigenvalue weighted by Gasteiger charge is 2.27. The summed E-state index contributed by atoms with van der Waals surface area (Å²) < 4.78 is 5.09. The van der Waals surface area contributed by atoms with Gasteiger partial charge in [-0.25, -0.2) is 0 Å². The average Bonchev–Trinajstić information content (AvgIpc) is 3.00. The lowest BCUT2D eigenvalue weighted by atomic mass is 10.1. The van der Waals surface area contributed by atoms with E-state index in [0.29, 0.717) is 31.9 Å². The summed E-state index contributed by atoms with van der Waals surface area (Å²) in [4.78, 5) is 27.0. The molecule has 1 fully saturated rings. The van der Waals surface area contributed by atoms with Gasteiger partial charge in [0, 0.05) is 26.2 Å². The molecule has 22 heavy (non-hydrogen) atoms. The summed E-state index contributed by atoms with van der Waals surface area (Å²) in [5.74, 6) is -0.404. The number of aliphatic hydroxyl groups is 1. The topological polar surface area (TPSA) is 97.8 Å². The molecule has 0 atom stereocenters. The van der Waals surface area contributed by atoms with E-state index in [4.69, 9.17) is 9.83 Å². The molecule has 7 heteroatoms. The van der Waals surface area contributed by atoms with Crippen molar-refractivity contribution >= 4 is 17.5 Å². The predicted octanol–water partition coefficient (Wildman–Crippen LogP) is 1.44. The molecule has 0 bridgehead atoms. The smallest absolute Gasteiger partial charge is 0.289 e. The zero-order chi connectivity index (χ0) is 16.3. The van der Waals surface area contributed by atoms with Crippen LogP contribution < -0.4 is 0 Å². The number of furan rings is 1. The van der Waals surface area contributed by atoms with Gasteiger partial charge in [0.1, 0.15) is 11.6 Å². The summed E-state index contributed by atoms with van der Waals surface area (Å²) in [7, 11) is 0. The monoisotopic (exact) mass is 305 g/mol. The maximum Gasteiger partial charge on any atom is 0.289 e. The molecule has 1 aromatic rings. The first-order valence-electron chi connectivity index (χ1n) is 6.99. The highest BCUT2D eigenvalue weighted by molar-refractivity contribution is 6.19. The predicted molar refractivity (Wildman–Crippen MR) is 79.9 cm³/mol. The molecule has 7 nitrogen and oxygen atoms in total. The number of carbonyl (C=O) groups excluding carboxylic acids is 2. The fourth-order valence-corrected chi connectivity index (χ4v) is 2.44. The van der Waals surface area contributed by atoms with Gasteiger partial charge in [-0.3, -0.25) is 15.0 Å². The number of carbonyl (C=O) groups is 2. The van der Waals surface area contributed by atoms with Gasteiger partial charge in [-0.2, -0.15) is 0 Å². The molecule has 1 aliphatic heterocycles. The van der Waals surface area contributed by atoms with Crippen molar-refractivity contribution in [3.05, 3.63) is 35.5 Å². The van der Waals surface area contributed by atoms with Crippen LogP contribution in [0.25, 0.3) is 0 Å². The van der Waals surface area contributed by atoms with Gasteiger partial charge in [-0.05, 0) is 26.0 Å². The molecule has 1 saturated heterocycles. The lowest BCUT2D eigenvalue weighted by Crippen LogP contribution is -2.51. The van der Waals surface area contributed by atoms with Gasteiger partial charge in [0.05, 0.1) is 11.8 Å². The number of piperazine rings is 1. The number of aliphatic hydroxyl groups excluding tert-OH is 1.